The van der Waals surface area contributed by atoms with Crippen LogP contribution in [0.15, 0.2) is 48.7 Å². The second-order valence-electron chi connectivity index (χ2n) is 5.75. The molecule has 0 aliphatic carbocycles. The molecule has 1 aromatic carbocycles. The van der Waals surface area contributed by atoms with E-state index in [1.54, 1.807) is 29.5 Å². The lowest BCUT2D eigenvalue weighted by atomic mass is 10.2. The molecule has 1 N–H and O–H groups in total. The van der Waals surface area contributed by atoms with Gasteiger partial charge in [0.1, 0.15) is 5.69 Å². The van der Waals surface area contributed by atoms with Crippen molar-refractivity contribution in [3.63, 3.8) is 0 Å². The van der Waals surface area contributed by atoms with Crippen molar-refractivity contribution in [2.75, 3.05) is 20.3 Å². The predicted molar refractivity (Wildman–Crippen MR) is 94.7 cm³/mol. The monoisotopic (exact) mass is 339 g/mol. The number of hydrogen-bond acceptors (Lipinski definition) is 4. The van der Waals surface area contributed by atoms with Crippen molar-refractivity contribution in [3.8, 4) is 5.75 Å². The maximum absolute atomic E-state index is 13.1. The standard InChI is InChI=1S/C19H21N3O3/c1-14-17(22-10-6-9-16(25-2)18(22)20-14)19(24)21(11-12-23)13-15-7-4-3-5-8-15/h3-10,23H,11-13H2,1-2H3. The molecule has 0 saturated heterocycles. The highest BCUT2D eigenvalue weighted by Gasteiger charge is 2.23. The molecule has 3 aromatic rings. The second kappa shape index (κ2) is 7.36. The SMILES string of the molecule is COc1cccn2c(C(=O)N(CCO)Cc3ccccc3)c(C)nc12. The minimum Gasteiger partial charge on any atom is -0.493 e. The number of pyridine rings is 1. The molecular formula is C19H21N3O3. The lowest BCUT2D eigenvalue weighted by Crippen LogP contribution is -2.34. The molecule has 2 aromatic heterocycles. The number of hydrogen-bond donors (Lipinski definition) is 1. The summed E-state index contributed by atoms with van der Waals surface area (Å²) in [6.45, 7) is 2.39. The number of aryl methyl sites for hydroxylation is 1. The summed E-state index contributed by atoms with van der Waals surface area (Å²) in [5, 5.41) is 9.39. The molecule has 0 atom stereocenters. The summed E-state index contributed by atoms with van der Waals surface area (Å²) in [6.07, 6.45) is 1.80. The van der Waals surface area contributed by atoms with Crippen LogP contribution in [0.25, 0.3) is 5.65 Å². The van der Waals surface area contributed by atoms with Crippen LogP contribution in [0.1, 0.15) is 21.7 Å². The van der Waals surface area contributed by atoms with Gasteiger partial charge in [0.05, 0.1) is 19.4 Å². The fraction of sp³-hybridized carbons (Fsp3) is 0.263. The van der Waals surface area contributed by atoms with Gasteiger partial charge in [0.25, 0.3) is 5.91 Å². The van der Waals surface area contributed by atoms with Crippen molar-refractivity contribution in [1.29, 1.82) is 0 Å². The molecule has 6 nitrogen and oxygen atoms in total. The van der Waals surface area contributed by atoms with Crippen LogP contribution in [0.4, 0.5) is 0 Å². The Morgan fingerprint density at radius 3 is 2.68 bits per heavy atom. The van der Waals surface area contributed by atoms with Crippen molar-refractivity contribution < 1.29 is 14.6 Å². The number of aliphatic hydroxyl groups is 1. The molecule has 0 bridgehead atoms. The minimum absolute atomic E-state index is 0.0995. The maximum Gasteiger partial charge on any atom is 0.273 e. The first-order valence-corrected chi connectivity index (χ1v) is 8.11. The largest absolute Gasteiger partial charge is 0.493 e. The number of nitrogens with zero attached hydrogens (tertiary/aromatic N) is 3. The van der Waals surface area contributed by atoms with Crippen molar-refractivity contribution >= 4 is 11.6 Å². The van der Waals surface area contributed by atoms with Gasteiger partial charge >= 0.3 is 0 Å². The van der Waals surface area contributed by atoms with E-state index in [0.717, 1.165) is 5.56 Å². The number of amides is 1. The van der Waals surface area contributed by atoms with E-state index in [4.69, 9.17) is 4.74 Å². The number of carbonyl (C=O) groups excluding carboxylic acids is 1. The molecule has 6 heteroatoms. The summed E-state index contributed by atoms with van der Waals surface area (Å²) < 4.78 is 7.07. The van der Waals surface area contributed by atoms with Crippen LogP contribution >= 0.6 is 0 Å². The zero-order chi connectivity index (χ0) is 17.8. The average Bonchev–Trinajstić information content (AvgIpc) is 2.97. The van der Waals surface area contributed by atoms with Crippen LogP contribution in [0.5, 0.6) is 5.75 Å². The summed E-state index contributed by atoms with van der Waals surface area (Å²) in [4.78, 5) is 19.3. The molecule has 0 fully saturated rings. The van der Waals surface area contributed by atoms with Gasteiger partial charge in [-0.05, 0) is 24.6 Å². The van der Waals surface area contributed by atoms with E-state index in [-0.39, 0.29) is 19.1 Å². The van der Waals surface area contributed by atoms with E-state index in [2.05, 4.69) is 4.98 Å². The fourth-order valence-corrected chi connectivity index (χ4v) is 2.90. The van der Waals surface area contributed by atoms with Gasteiger partial charge in [-0.1, -0.05) is 30.3 Å². The number of aromatic nitrogens is 2. The first kappa shape index (κ1) is 17.0. The van der Waals surface area contributed by atoms with Crippen molar-refractivity contribution in [2.24, 2.45) is 0 Å². The lowest BCUT2D eigenvalue weighted by molar-refractivity contribution is 0.0700. The molecule has 25 heavy (non-hydrogen) atoms. The third-order valence-corrected chi connectivity index (χ3v) is 4.08. The summed E-state index contributed by atoms with van der Waals surface area (Å²) in [5.41, 5.74) is 2.73. The van der Waals surface area contributed by atoms with Gasteiger partial charge in [-0.2, -0.15) is 0 Å². The number of carbonyl (C=O) groups is 1. The summed E-state index contributed by atoms with van der Waals surface area (Å²) in [5.74, 6) is 0.442. The summed E-state index contributed by atoms with van der Waals surface area (Å²) in [7, 11) is 1.58. The predicted octanol–water partition coefficient (Wildman–Crippen LogP) is 2.29. The third kappa shape index (κ3) is 3.34. The zero-order valence-corrected chi connectivity index (χ0v) is 14.3. The Bertz CT molecular complexity index is 874. The molecule has 0 radical (unpaired) electrons. The Balaban J connectivity index is 2.00. The van der Waals surface area contributed by atoms with Gasteiger partial charge in [0, 0.05) is 19.3 Å². The van der Waals surface area contributed by atoms with Crippen LogP contribution in [0.2, 0.25) is 0 Å². The number of fused-ring (bicyclic) bond motifs is 1. The maximum atomic E-state index is 13.1. The molecule has 0 spiro atoms. The topological polar surface area (TPSA) is 67.1 Å². The molecule has 3 rings (SSSR count). The number of imidazole rings is 1. The number of methoxy groups -OCH3 is 1. The van der Waals surface area contributed by atoms with Gasteiger partial charge in [0.2, 0.25) is 0 Å². The van der Waals surface area contributed by atoms with Crippen LogP contribution in [-0.2, 0) is 6.54 Å². The molecular weight excluding hydrogens is 318 g/mol. The fourth-order valence-electron chi connectivity index (χ4n) is 2.90. The van der Waals surface area contributed by atoms with Gasteiger partial charge in [-0.3, -0.25) is 9.20 Å². The highest BCUT2D eigenvalue weighted by Crippen LogP contribution is 2.23. The molecule has 0 unspecified atom stereocenters. The number of ether oxygens (including phenoxy) is 1. The Kier molecular flexibility index (Phi) is 5.00. The molecule has 0 aliphatic rings. The summed E-state index contributed by atoms with van der Waals surface area (Å²) in [6, 6.07) is 13.3. The van der Waals surface area contributed by atoms with Crippen molar-refractivity contribution in [1.82, 2.24) is 14.3 Å². The molecule has 0 aliphatic heterocycles. The Labute approximate surface area is 146 Å². The van der Waals surface area contributed by atoms with E-state index in [0.29, 0.717) is 29.3 Å². The smallest absolute Gasteiger partial charge is 0.273 e. The Morgan fingerprint density at radius 2 is 2.00 bits per heavy atom. The third-order valence-electron chi connectivity index (χ3n) is 4.08. The summed E-state index contributed by atoms with van der Waals surface area (Å²) >= 11 is 0. The average molecular weight is 339 g/mol. The minimum atomic E-state index is -0.170. The van der Waals surface area contributed by atoms with E-state index >= 15 is 0 Å². The first-order chi connectivity index (χ1) is 12.2. The molecule has 0 saturated carbocycles. The van der Waals surface area contributed by atoms with Crippen LogP contribution in [-0.4, -0.2) is 45.6 Å². The Morgan fingerprint density at radius 1 is 1.24 bits per heavy atom. The number of benzene rings is 1. The highest BCUT2D eigenvalue weighted by molar-refractivity contribution is 5.95. The molecule has 1 amide bonds. The van der Waals surface area contributed by atoms with Crippen LogP contribution in [0, 0.1) is 6.92 Å². The molecule has 2 heterocycles. The quantitative estimate of drug-likeness (QED) is 0.748. The molecule has 130 valence electrons. The van der Waals surface area contributed by atoms with Crippen molar-refractivity contribution in [2.45, 2.75) is 13.5 Å². The highest BCUT2D eigenvalue weighted by atomic mass is 16.5. The van der Waals surface area contributed by atoms with E-state index in [1.807, 2.05) is 42.5 Å². The normalized spacial score (nSPS) is 10.8. The Hall–Kier alpha value is -2.86. The number of aliphatic hydroxyl groups excluding tert-OH is 1. The second-order valence-corrected chi connectivity index (χ2v) is 5.75. The van der Waals surface area contributed by atoms with Gasteiger partial charge in [-0.25, -0.2) is 4.98 Å². The van der Waals surface area contributed by atoms with Gasteiger partial charge in [-0.15, -0.1) is 0 Å². The zero-order valence-electron chi connectivity index (χ0n) is 14.3. The van der Waals surface area contributed by atoms with Crippen LogP contribution in [0.3, 0.4) is 0 Å². The van der Waals surface area contributed by atoms with E-state index in [1.165, 1.54) is 0 Å². The van der Waals surface area contributed by atoms with Gasteiger partial charge < -0.3 is 14.7 Å². The van der Waals surface area contributed by atoms with Crippen LogP contribution < -0.4 is 4.74 Å². The first-order valence-electron chi connectivity index (χ1n) is 8.11. The number of rotatable bonds is 6. The van der Waals surface area contributed by atoms with E-state index in [9.17, 15) is 9.90 Å². The van der Waals surface area contributed by atoms with Gasteiger partial charge in [0.15, 0.2) is 11.4 Å². The lowest BCUT2D eigenvalue weighted by Gasteiger charge is -2.22. The van der Waals surface area contributed by atoms with Crippen molar-refractivity contribution in [3.05, 3.63) is 65.6 Å². The van der Waals surface area contributed by atoms with E-state index < -0.39 is 0 Å².